The fourth-order valence-electron chi connectivity index (χ4n) is 3.97. The van der Waals surface area contributed by atoms with Crippen molar-refractivity contribution in [2.45, 2.75) is 33.0 Å². The highest BCUT2D eigenvalue weighted by Crippen LogP contribution is 2.24. The average Bonchev–Trinajstić information content (AvgIpc) is 3.26. The molecule has 4 rings (SSSR count). The molecule has 0 saturated carbocycles. The summed E-state index contributed by atoms with van der Waals surface area (Å²) in [7, 11) is 0. The van der Waals surface area contributed by atoms with Crippen LogP contribution in [0.25, 0.3) is 0 Å². The number of rotatable bonds is 7. The lowest BCUT2D eigenvalue weighted by atomic mass is 10.1. The van der Waals surface area contributed by atoms with Gasteiger partial charge in [0.15, 0.2) is 0 Å². The van der Waals surface area contributed by atoms with Crippen LogP contribution in [0.3, 0.4) is 0 Å². The van der Waals surface area contributed by atoms with E-state index < -0.39 is 0 Å². The van der Waals surface area contributed by atoms with Crippen LogP contribution in [0.5, 0.6) is 0 Å². The van der Waals surface area contributed by atoms with Gasteiger partial charge < -0.3 is 15.1 Å². The molecule has 1 aliphatic rings. The molecule has 152 valence electrons. The number of nitrogens with zero attached hydrogens (tertiary/aromatic N) is 5. The Morgan fingerprint density at radius 2 is 1.76 bits per heavy atom. The highest BCUT2D eigenvalue weighted by Gasteiger charge is 2.21. The van der Waals surface area contributed by atoms with Gasteiger partial charge in [-0.25, -0.2) is 4.98 Å². The van der Waals surface area contributed by atoms with Crippen LogP contribution in [0.2, 0.25) is 0 Å². The zero-order valence-corrected chi connectivity index (χ0v) is 17.3. The molecule has 2 aromatic heterocycles. The number of aryl methyl sites for hydroxylation is 1. The van der Waals surface area contributed by atoms with E-state index in [1.54, 1.807) is 0 Å². The molecule has 6 nitrogen and oxygen atoms in total. The molecule has 3 aromatic rings. The maximum absolute atomic E-state index is 4.72. The Morgan fingerprint density at radius 1 is 0.966 bits per heavy atom. The van der Waals surface area contributed by atoms with Gasteiger partial charge in [-0.1, -0.05) is 24.3 Å². The summed E-state index contributed by atoms with van der Waals surface area (Å²) in [4.78, 5) is 9.63. The first-order valence-corrected chi connectivity index (χ1v) is 10.4. The summed E-state index contributed by atoms with van der Waals surface area (Å²) < 4.78 is 1.96. The SMILES string of the molecule is Cc1ccccc1N1CCN(c2ncccc2CN[C@H](C)Cn2cccn2)CC1. The molecule has 0 unspecified atom stereocenters. The van der Waals surface area contributed by atoms with Crippen LogP contribution in [0.4, 0.5) is 11.5 Å². The largest absolute Gasteiger partial charge is 0.368 e. The van der Waals surface area contributed by atoms with Crippen molar-refractivity contribution in [2.75, 3.05) is 36.0 Å². The van der Waals surface area contributed by atoms with Gasteiger partial charge in [0.2, 0.25) is 0 Å². The lowest BCUT2D eigenvalue weighted by Gasteiger charge is -2.38. The van der Waals surface area contributed by atoms with E-state index in [1.165, 1.54) is 16.8 Å². The minimum atomic E-state index is 0.334. The van der Waals surface area contributed by atoms with Crippen molar-refractivity contribution >= 4 is 11.5 Å². The van der Waals surface area contributed by atoms with Crippen molar-refractivity contribution in [2.24, 2.45) is 0 Å². The number of benzene rings is 1. The normalized spacial score (nSPS) is 15.5. The zero-order chi connectivity index (χ0) is 20.1. The van der Waals surface area contributed by atoms with Crippen molar-refractivity contribution in [1.29, 1.82) is 0 Å². The molecule has 1 aliphatic heterocycles. The fraction of sp³-hybridized carbons (Fsp3) is 0.391. The van der Waals surface area contributed by atoms with Crippen LogP contribution in [0, 0.1) is 6.92 Å². The van der Waals surface area contributed by atoms with Gasteiger partial charge in [0, 0.05) is 68.6 Å². The minimum Gasteiger partial charge on any atom is -0.368 e. The highest BCUT2D eigenvalue weighted by molar-refractivity contribution is 5.55. The molecule has 29 heavy (non-hydrogen) atoms. The van der Waals surface area contributed by atoms with Crippen LogP contribution < -0.4 is 15.1 Å². The van der Waals surface area contributed by atoms with Crippen molar-refractivity contribution in [1.82, 2.24) is 20.1 Å². The lowest BCUT2D eigenvalue weighted by Crippen LogP contribution is -2.47. The maximum Gasteiger partial charge on any atom is 0.133 e. The van der Waals surface area contributed by atoms with Crippen LogP contribution >= 0.6 is 0 Å². The molecule has 1 aromatic carbocycles. The Hall–Kier alpha value is -2.86. The van der Waals surface area contributed by atoms with E-state index in [4.69, 9.17) is 4.98 Å². The summed E-state index contributed by atoms with van der Waals surface area (Å²) in [6.07, 6.45) is 5.73. The average molecular weight is 391 g/mol. The Balaban J connectivity index is 1.36. The van der Waals surface area contributed by atoms with Crippen molar-refractivity contribution in [3.63, 3.8) is 0 Å². The Labute approximate surface area is 173 Å². The van der Waals surface area contributed by atoms with E-state index >= 15 is 0 Å². The number of para-hydroxylation sites is 1. The number of anilines is 2. The molecule has 3 heterocycles. The maximum atomic E-state index is 4.72. The molecule has 0 amide bonds. The summed E-state index contributed by atoms with van der Waals surface area (Å²) in [6, 6.07) is 15.2. The molecular formula is C23H30N6. The van der Waals surface area contributed by atoms with E-state index in [0.717, 1.165) is 45.1 Å². The fourth-order valence-corrected chi connectivity index (χ4v) is 3.97. The first-order valence-electron chi connectivity index (χ1n) is 10.4. The van der Waals surface area contributed by atoms with Gasteiger partial charge in [0.1, 0.15) is 5.82 Å². The quantitative estimate of drug-likeness (QED) is 0.672. The smallest absolute Gasteiger partial charge is 0.133 e. The van der Waals surface area contributed by atoms with Gasteiger partial charge in [-0.05, 0) is 37.6 Å². The van der Waals surface area contributed by atoms with Crippen molar-refractivity contribution < 1.29 is 0 Å². The highest BCUT2D eigenvalue weighted by atomic mass is 15.3. The van der Waals surface area contributed by atoms with Crippen molar-refractivity contribution in [3.8, 4) is 0 Å². The van der Waals surface area contributed by atoms with Crippen LogP contribution in [0.15, 0.2) is 61.1 Å². The summed E-state index contributed by atoms with van der Waals surface area (Å²) in [5.41, 5.74) is 3.95. The number of nitrogens with one attached hydrogen (secondary N) is 1. The predicted molar refractivity (Wildman–Crippen MR) is 118 cm³/mol. The summed E-state index contributed by atoms with van der Waals surface area (Å²) >= 11 is 0. The predicted octanol–water partition coefficient (Wildman–Crippen LogP) is 3.09. The molecule has 1 N–H and O–H groups in total. The number of piperazine rings is 1. The monoisotopic (exact) mass is 390 g/mol. The topological polar surface area (TPSA) is 49.2 Å². The number of pyridine rings is 1. The molecule has 0 bridgehead atoms. The first-order chi connectivity index (χ1) is 14.2. The van der Waals surface area contributed by atoms with Gasteiger partial charge in [0.25, 0.3) is 0 Å². The first kappa shape index (κ1) is 19.5. The minimum absolute atomic E-state index is 0.334. The van der Waals surface area contributed by atoms with Crippen LogP contribution in [0.1, 0.15) is 18.1 Å². The Morgan fingerprint density at radius 3 is 2.52 bits per heavy atom. The second-order valence-corrected chi connectivity index (χ2v) is 7.76. The third-order valence-electron chi connectivity index (χ3n) is 5.56. The third kappa shape index (κ3) is 4.77. The molecule has 1 saturated heterocycles. The number of hydrogen-bond donors (Lipinski definition) is 1. The molecule has 0 spiro atoms. The van der Waals surface area contributed by atoms with Gasteiger partial charge in [0.05, 0.1) is 6.54 Å². The second-order valence-electron chi connectivity index (χ2n) is 7.76. The van der Waals surface area contributed by atoms with E-state index in [-0.39, 0.29) is 0 Å². The van der Waals surface area contributed by atoms with Gasteiger partial charge in [-0.15, -0.1) is 0 Å². The zero-order valence-electron chi connectivity index (χ0n) is 17.3. The van der Waals surface area contributed by atoms with E-state index in [1.807, 2.05) is 35.4 Å². The van der Waals surface area contributed by atoms with E-state index in [0.29, 0.717) is 6.04 Å². The number of hydrogen-bond acceptors (Lipinski definition) is 5. The van der Waals surface area contributed by atoms with E-state index in [2.05, 4.69) is 64.4 Å². The summed E-state index contributed by atoms with van der Waals surface area (Å²) in [6.45, 7) is 10.1. The molecule has 1 fully saturated rings. The molecule has 6 heteroatoms. The summed E-state index contributed by atoms with van der Waals surface area (Å²) in [5.74, 6) is 1.11. The van der Waals surface area contributed by atoms with Gasteiger partial charge in [-0.3, -0.25) is 4.68 Å². The standard InChI is InChI=1S/C23H30N6/c1-19-7-3-4-9-22(19)27-13-15-28(16-14-27)23-21(8-5-10-24-23)17-25-20(2)18-29-12-6-11-26-29/h3-12,20,25H,13-18H2,1-2H3/t20-/m1/s1. The Kier molecular flexibility index (Phi) is 6.10. The van der Waals surface area contributed by atoms with Crippen LogP contribution in [-0.4, -0.2) is 47.0 Å². The number of aromatic nitrogens is 3. The van der Waals surface area contributed by atoms with Crippen LogP contribution in [-0.2, 0) is 13.1 Å². The summed E-state index contributed by atoms with van der Waals surface area (Å²) in [5, 5.41) is 7.91. The molecule has 0 radical (unpaired) electrons. The van der Waals surface area contributed by atoms with Gasteiger partial charge >= 0.3 is 0 Å². The van der Waals surface area contributed by atoms with Gasteiger partial charge in [-0.2, -0.15) is 5.10 Å². The van der Waals surface area contributed by atoms with E-state index in [9.17, 15) is 0 Å². The Bertz CT molecular complexity index is 899. The molecule has 0 aliphatic carbocycles. The molecular weight excluding hydrogens is 360 g/mol. The third-order valence-corrected chi connectivity index (χ3v) is 5.56. The second kappa shape index (κ2) is 9.09. The lowest BCUT2D eigenvalue weighted by molar-refractivity contribution is 0.450. The molecule has 1 atom stereocenters. The van der Waals surface area contributed by atoms with Crippen molar-refractivity contribution in [3.05, 3.63) is 72.2 Å².